The number of hydrogen-bond donors (Lipinski definition) is 0. The normalized spacial score (nSPS) is 39.8. The van der Waals surface area contributed by atoms with Crippen molar-refractivity contribution in [3.8, 4) is 0 Å². The molecule has 0 amide bonds. The molecule has 0 aromatic carbocycles. The van der Waals surface area contributed by atoms with Crippen molar-refractivity contribution >= 4 is 10.0 Å². The second kappa shape index (κ2) is 3.45. The Bertz CT molecular complexity index is 414. The molecule has 5 heteroatoms. The zero-order chi connectivity index (χ0) is 11.6. The first-order chi connectivity index (χ1) is 8.14. The Labute approximate surface area is 103 Å². The largest absolute Gasteiger partial charge is 0.300 e. The molecule has 2 unspecified atom stereocenters. The zero-order valence-electron chi connectivity index (χ0n) is 10.1. The average molecular weight is 256 g/mol. The van der Waals surface area contributed by atoms with Crippen LogP contribution < -0.4 is 0 Å². The summed E-state index contributed by atoms with van der Waals surface area (Å²) in [6.07, 6.45) is 4.51. The lowest BCUT2D eigenvalue weighted by molar-refractivity contribution is 0.287. The van der Waals surface area contributed by atoms with Crippen molar-refractivity contribution in [3.05, 3.63) is 0 Å². The Balaban J connectivity index is 1.44. The molecule has 0 N–H and O–H groups in total. The van der Waals surface area contributed by atoms with Crippen LogP contribution in [0.4, 0.5) is 0 Å². The molecule has 0 aromatic heterocycles. The van der Waals surface area contributed by atoms with Crippen LogP contribution in [0.3, 0.4) is 0 Å². The number of nitrogens with zero attached hydrogens (tertiary/aromatic N) is 2. The molecule has 0 spiro atoms. The summed E-state index contributed by atoms with van der Waals surface area (Å²) >= 11 is 0. The summed E-state index contributed by atoms with van der Waals surface area (Å²) in [5.74, 6) is 1.23. The molecule has 2 atom stereocenters. The van der Waals surface area contributed by atoms with Crippen molar-refractivity contribution in [3.63, 3.8) is 0 Å². The van der Waals surface area contributed by atoms with Gasteiger partial charge in [0.2, 0.25) is 10.0 Å². The number of likely N-dealkylation sites (tertiary alicyclic amines) is 1. The number of sulfonamides is 1. The molecule has 4 nitrogen and oxygen atoms in total. The van der Waals surface area contributed by atoms with Gasteiger partial charge in [0.25, 0.3) is 0 Å². The lowest BCUT2D eigenvalue weighted by Crippen LogP contribution is -2.35. The van der Waals surface area contributed by atoms with E-state index in [1.165, 1.54) is 12.8 Å². The molecule has 2 aliphatic carbocycles. The summed E-state index contributed by atoms with van der Waals surface area (Å²) in [4.78, 5) is 2.59. The molecule has 2 saturated carbocycles. The maximum Gasteiger partial charge on any atom is 0.217 e. The van der Waals surface area contributed by atoms with Gasteiger partial charge >= 0.3 is 0 Å². The van der Waals surface area contributed by atoms with E-state index in [1.807, 2.05) is 0 Å². The number of fused-ring (bicyclic) bond motifs is 1. The SMILES string of the molecule is O=S(=O)(C1CC1)N1CC2CN(C3CC3)CC2C1. The molecule has 0 bridgehead atoms. The minimum Gasteiger partial charge on any atom is -0.300 e. The van der Waals surface area contributed by atoms with Crippen molar-refractivity contribution in [2.75, 3.05) is 26.2 Å². The Hall–Kier alpha value is -0.130. The molecule has 2 saturated heterocycles. The molecule has 4 rings (SSSR count). The van der Waals surface area contributed by atoms with Gasteiger partial charge < -0.3 is 0 Å². The van der Waals surface area contributed by atoms with E-state index < -0.39 is 10.0 Å². The highest BCUT2D eigenvalue weighted by Crippen LogP contribution is 2.41. The van der Waals surface area contributed by atoms with Crippen LogP contribution in [0.15, 0.2) is 0 Å². The minimum atomic E-state index is -2.91. The van der Waals surface area contributed by atoms with Crippen LogP contribution in [0.2, 0.25) is 0 Å². The van der Waals surface area contributed by atoms with E-state index in [1.54, 1.807) is 4.31 Å². The molecule has 4 aliphatic rings. The Morgan fingerprint density at radius 3 is 1.88 bits per heavy atom. The van der Waals surface area contributed by atoms with Gasteiger partial charge in [-0.2, -0.15) is 0 Å². The van der Waals surface area contributed by atoms with E-state index in [2.05, 4.69) is 4.90 Å². The van der Waals surface area contributed by atoms with Crippen molar-refractivity contribution in [1.29, 1.82) is 0 Å². The highest BCUT2D eigenvalue weighted by molar-refractivity contribution is 7.90. The Morgan fingerprint density at radius 2 is 1.41 bits per heavy atom. The van der Waals surface area contributed by atoms with Gasteiger partial charge in [-0.15, -0.1) is 0 Å². The van der Waals surface area contributed by atoms with Crippen LogP contribution in [0.1, 0.15) is 25.7 Å². The van der Waals surface area contributed by atoms with E-state index in [0.717, 1.165) is 45.1 Å². The van der Waals surface area contributed by atoms with Crippen molar-refractivity contribution < 1.29 is 8.42 Å². The van der Waals surface area contributed by atoms with Gasteiger partial charge in [-0.3, -0.25) is 4.90 Å². The Morgan fingerprint density at radius 1 is 0.824 bits per heavy atom. The highest BCUT2D eigenvalue weighted by atomic mass is 32.2. The second-order valence-corrected chi connectivity index (χ2v) is 8.48. The smallest absolute Gasteiger partial charge is 0.217 e. The van der Waals surface area contributed by atoms with Crippen molar-refractivity contribution in [1.82, 2.24) is 9.21 Å². The molecular formula is C12H20N2O2S. The van der Waals surface area contributed by atoms with Crippen LogP contribution in [-0.2, 0) is 10.0 Å². The summed E-state index contributed by atoms with van der Waals surface area (Å²) in [5.41, 5.74) is 0. The topological polar surface area (TPSA) is 40.6 Å². The van der Waals surface area contributed by atoms with Crippen molar-refractivity contribution in [2.45, 2.75) is 37.0 Å². The van der Waals surface area contributed by atoms with Crippen LogP contribution in [0, 0.1) is 11.8 Å². The predicted molar refractivity (Wildman–Crippen MR) is 65.1 cm³/mol. The van der Waals surface area contributed by atoms with Gasteiger partial charge in [-0.05, 0) is 37.5 Å². The molecule has 2 aliphatic heterocycles. The summed E-state index contributed by atoms with van der Waals surface area (Å²) in [7, 11) is -2.91. The van der Waals surface area contributed by atoms with Crippen LogP contribution >= 0.6 is 0 Å². The quantitative estimate of drug-likeness (QED) is 0.738. The second-order valence-electron chi connectivity index (χ2n) is 6.27. The Kier molecular flexibility index (Phi) is 2.19. The van der Waals surface area contributed by atoms with Gasteiger partial charge in [-0.1, -0.05) is 0 Å². The fourth-order valence-corrected chi connectivity index (χ4v) is 5.46. The van der Waals surface area contributed by atoms with Gasteiger partial charge in [0.05, 0.1) is 5.25 Å². The lowest BCUT2D eigenvalue weighted by atomic mass is 10.0. The molecule has 0 aromatic rings. The molecular weight excluding hydrogens is 236 g/mol. The summed E-state index contributed by atoms with van der Waals surface area (Å²) in [6.45, 7) is 3.89. The highest BCUT2D eigenvalue weighted by Gasteiger charge is 2.49. The summed E-state index contributed by atoms with van der Waals surface area (Å²) in [6, 6.07) is 0.842. The van der Waals surface area contributed by atoms with Crippen molar-refractivity contribution in [2.24, 2.45) is 11.8 Å². The first-order valence-corrected chi connectivity index (χ1v) is 8.38. The van der Waals surface area contributed by atoms with E-state index in [9.17, 15) is 8.42 Å². The van der Waals surface area contributed by atoms with Gasteiger partial charge in [-0.25, -0.2) is 12.7 Å². The van der Waals surface area contributed by atoms with E-state index in [-0.39, 0.29) is 5.25 Å². The lowest BCUT2D eigenvalue weighted by Gasteiger charge is -2.20. The first-order valence-electron chi connectivity index (χ1n) is 6.87. The maximum absolute atomic E-state index is 12.2. The molecule has 0 radical (unpaired) electrons. The van der Waals surface area contributed by atoms with E-state index >= 15 is 0 Å². The summed E-state index contributed by atoms with van der Waals surface area (Å²) in [5, 5.41) is -0.0270. The third kappa shape index (κ3) is 1.74. The fourth-order valence-electron chi connectivity index (χ4n) is 3.51. The third-order valence-corrected chi connectivity index (χ3v) is 7.18. The van der Waals surface area contributed by atoms with Gasteiger partial charge in [0.1, 0.15) is 0 Å². The van der Waals surface area contributed by atoms with E-state index in [4.69, 9.17) is 0 Å². The molecule has 4 fully saturated rings. The monoisotopic (exact) mass is 256 g/mol. The number of rotatable bonds is 3. The van der Waals surface area contributed by atoms with Gasteiger partial charge in [0, 0.05) is 32.2 Å². The molecule has 2 heterocycles. The first kappa shape index (κ1) is 10.8. The van der Waals surface area contributed by atoms with Gasteiger partial charge in [0.15, 0.2) is 0 Å². The number of hydrogen-bond acceptors (Lipinski definition) is 3. The average Bonchev–Trinajstić information content (AvgIpc) is 3.14. The minimum absolute atomic E-state index is 0.0270. The van der Waals surface area contributed by atoms with Crippen LogP contribution in [0.5, 0.6) is 0 Å². The zero-order valence-corrected chi connectivity index (χ0v) is 10.9. The standard InChI is InChI=1S/C12H20N2O2S/c15-17(16,12-3-4-12)14-7-9-5-13(11-1-2-11)6-10(9)8-14/h9-12H,1-8H2. The van der Waals surface area contributed by atoms with Crippen LogP contribution in [0.25, 0.3) is 0 Å². The maximum atomic E-state index is 12.2. The fraction of sp³-hybridized carbons (Fsp3) is 1.00. The van der Waals surface area contributed by atoms with E-state index in [0.29, 0.717) is 11.8 Å². The summed E-state index contributed by atoms with van der Waals surface area (Å²) < 4.78 is 26.1. The van der Waals surface area contributed by atoms with Crippen LogP contribution in [-0.4, -0.2) is 55.1 Å². The molecule has 96 valence electrons. The molecule has 17 heavy (non-hydrogen) atoms. The predicted octanol–water partition coefficient (Wildman–Crippen LogP) is 0.505. The third-order valence-electron chi connectivity index (χ3n) is 4.85.